The van der Waals surface area contributed by atoms with Gasteiger partial charge in [0.05, 0.1) is 16.4 Å². The SMILES string of the molecule is CC[C@H](C)N([C@H]1CCS(=O)(=O)C1)S(=O)(=O)c1ccc(C)c(C)c1. The number of aryl methyl sites for hydroxylation is 2. The van der Waals surface area contributed by atoms with Crippen LogP contribution in [-0.4, -0.2) is 44.7 Å². The molecule has 7 heteroatoms. The molecule has 130 valence electrons. The standard InChI is InChI=1S/C16H25NO4S2/c1-5-14(4)17(15-8-9-22(18,19)11-15)23(20,21)16-7-6-12(2)13(3)10-16/h6-7,10,14-15H,5,8-9,11H2,1-4H3/t14-,15-/m0/s1. The van der Waals surface area contributed by atoms with Gasteiger partial charge in [-0.05, 0) is 56.9 Å². The smallest absolute Gasteiger partial charge is 0.229 e. The van der Waals surface area contributed by atoms with Gasteiger partial charge < -0.3 is 0 Å². The van der Waals surface area contributed by atoms with Crippen molar-refractivity contribution in [1.82, 2.24) is 4.31 Å². The van der Waals surface area contributed by atoms with E-state index in [0.717, 1.165) is 11.1 Å². The molecule has 1 heterocycles. The summed E-state index contributed by atoms with van der Waals surface area (Å²) in [6.07, 6.45) is 1.01. The molecule has 5 nitrogen and oxygen atoms in total. The first-order valence-corrected chi connectivity index (χ1v) is 11.2. The number of hydrogen-bond acceptors (Lipinski definition) is 4. The minimum atomic E-state index is -3.72. The van der Waals surface area contributed by atoms with Gasteiger partial charge in [-0.1, -0.05) is 13.0 Å². The van der Waals surface area contributed by atoms with E-state index in [1.807, 2.05) is 27.7 Å². The Balaban J connectivity index is 2.47. The number of benzene rings is 1. The molecule has 1 aliphatic rings. The fourth-order valence-corrected chi connectivity index (χ4v) is 6.76. The summed E-state index contributed by atoms with van der Waals surface area (Å²) < 4.78 is 51.3. The van der Waals surface area contributed by atoms with Gasteiger partial charge in [0, 0.05) is 12.1 Å². The van der Waals surface area contributed by atoms with Crippen molar-refractivity contribution in [3.05, 3.63) is 29.3 Å². The third-order valence-corrected chi connectivity index (χ3v) is 8.46. The van der Waals surface area contributed by atoms with Gasteiger partial charge in [-0.25, -0.2) is 16.8 Å². The predicted octanol–water partition coefficient (Wildman–Crippen LogP) is 2.28. The summed E-state index contributed by atoms with van der Waals surface area (Å²) in [5.41, 5.74) is 1.94. The first kappa shape index (κ1) is 18.4. The molecule has 0 spiro atoms. The molecule has 0 saturated carbocycles. The van der Waals surface area contributed by atoms with E-state index in [1.165, 1.54) is 4.31 Å². The molecule has 2 rings (SSSR count). The molecule has 1 aromatic carbocycles. The van der Waals surface area contributed by atoms with E-state index in [4.69, 9.17) is 0 Å². The molecule has 1 aromatic rings. The predicted molar refractivity (Wildman–Crippen MR) is 91.8 cm³/mol. The van der Waals surface area contributed by atoms with Gasteiger partial charge in [-0.15, -0.1) is 0 Å². The third kappa shape index (κ3) is 3.78. The Kier molecular flexibility index (Phi) is 5.23. The molecule has 1 fully saturated rings. The zero-order chi connectivity index (χ0) is 17.4. The van der Waals surface area contributed by atoms with Crippen LogP contribution in [0.2, 0.25) is 0 Å². The van der Waals surface area contributed by atoms with Gasteiger partial charge >= 0.3 is 0 Å². The van der Waals surface area contributed by atoms with Crippen molar-refractivity contribution in [2.24, 2.45) is 0 Å². The average molecular weight is 360 g/mol. The van der Waals surface area contributed by atoms with E-state index < -0.39 is 25.9 Å². The lowest BCUT2D eigenvalue weighted by molar-refractivity contribution is 0.271. The van der Waals surface area contributed by atoms with Gasteiger partial charge in [0.1, 0.15) is 0 Å². The highest BCUT2D eigenvalue weighted by molar-refractivity contribution is 7.92. The lowest BCUT2D eigenvalue weighted by Crippen LogP contribution is -2.46. The molecule has 0 radical (unpaired) electrons. The van der Waals surface area contributed by atoms with Gasteiger partial charge in [-0.3, -0.25) is 0 Å². The van der Waals surface area contributed by atoms with Crippen LogP contribution in [0, 0.1) is 13.8 Å². The highest BCUT2D eigenvalue weighted by atomic mass is 32.2. The Hall–Kier alpha value is -0.920. The second-order valence-electron chi connectivity index (χ2n) is 6.40. The van der Waals surface area contributed by atoms with E-state index in [2.05, 4.69) is 0 Å². The van der Waals surface area contributed by atoms with Crippen molar-refractivity contribution < 1.29 is 16.8 Å². The maximum Gasteiger partial charge on any atom is 0.243 e. The van der Waals surface area contributed by atoms with E-state index in [9.17, 15) is 16.8 Å². The molecule has 0 amide bonds. The topological polar surface area (TPSA) is 71.5 Å². The van der Waals surface area contributed by atoms with Crippen LogP contribution in [0.5, 0.6) is 0 Å². The molecular formula is C16H25NO4S2. The van der Waals surface area contributed by atoms with Crippen LogP contribution in [0.3, 0.4) is 0 Å². The second-order valence-corrected chi connectivity index (χ2v) is 10.5. The first-order chi connectivity index (χ1) is 10.6. The summed E-state index contributed by atoms with van der Waals surface area (Å²) in [6.45, 7) is 7.56. The van der Waals surface area contributed by atoms with Gasteiger partial charge in [-0.2, -0.15) is 4.31 Å². The van der Waals surface area contributed by atoms with E-state index in [1.54, 1.807) is 18.2 Å². The molecule has 0 bridgehead atoms. The Morgan fingerprint density at radius 2 is 1.91 bits per heavy atom. The van der Waals surface area contributed by atoms with Crippen molar-refractivity contribution in [1.29, 1.82) is 0 Å². The van der Waals surface area contributed by atoms with Crippen molar-refractivity contribution in [2.75, 3.05) is 11.5 Å². The van der Waals surface area contributed by atoms with Crippen molar-refractivity contribution in [3.8, 4) is 0 Å². The minimum Gasteiger partial charge on any atom is -0.229 e. The number of hydrogen-bond donors (Lipinski definition) is 0. The Morgan fingerprint density at radius 3 is 2.39 bits per heavy atom. The summed E-state index contributed by atoms with van der Waals surface area (Å²) in [7, 11) is -6.86. The molecule has 0 aromatic heterocycles. The van der Waals surface area contributed by atoms with Crippen LogP contribution in [-0.2, 0) is 19.9 Å². The van der Waals surface area contributed by atoms with Gasteiger partial charge in [0.15, 0.2) is 9.84 Å². The van der Waals surface area contributed by atoms with Crippen LogP contribution in [0.4, 0.5) is 0 Å². The van der Waals surface area contributed by atoms with Crippen LogP contribution in [0.1, 0.15) is 37.8 Å². The summed E-state index contributed by atoms with van der Waals surface area (Å²) in [4.78, 5) is 0.241. The Morgan fingerprint density at radius 1 is 1.26 bits per heavy atom. The lowest BCUT2D eigenvalue weighted by Gasteiger charge is -2.32. The maximum absolute atomic E-state index is 13.1. The molecule has 1 saturated heterocycles. The molecule has 2 atom stereocenters. The molecule has 0 unspecified atom stereocenters. The fourth-order valence-electron chi connectivity index (χ4n) is 2.95. The summed E-state index contributed by atoms with van der Waals surface area (Å²) in [5, 5.41) is 0. The summed E-state index contributed by atoms with van der Waals surface area (Å²) >= 11 is 0. The zero-order valence-corrected chi connectivity index (χ0v) is 15.7. The monoisotopic (exact) mass is 359 g/mol. The number of rotatable bonds is 5. The Labute approximate surface area is 139 Å². The van der Waals surface area contributed by atoms with Crippen LogP contribution >= 0.6 is 0 Å². The quantitative estimate of drug-likeness (QED) is 0.808. The summed E-state index contributed by atoms with van der Waals surface area (Å²) in [6, 6.07) is 4.36. The van der Waals surface area contributed by atoms with Crippen molar-refractivity contribution in [3.63, 3.8) is 0 Å². The normalized spacial score (nSPS) is 22.4. The Bertz CT molecular complexity index is 784. The highest BCUT2D eigenvalue weighted by Crippen LogP contribution is 2.29. The van der Waals surface area contributed by atoms with Gasteiger partial charge in [0.2, 0.25) is 10.0 Å². The third-order valence-electron chi connectivity index (χ3n) is 4.65. The zero-order valence-electron chi connectivity index (χ0n) is 14.1. The van der Waals surface area contributed by atoms with Crippen LogP contribution in [0.15, 0.2) is 23.1 Å². The molecular weight excluding hydrogens is 334 g/mol. The number of sulfonamides is 1. The molecule has 23 heavy (non-hydrogen) atoms. The number of sulfone groups is 1. The molecule has 0 aliphatic carbocycles. The summed E-state index contributed by atoms with van der Waals surface area (Å²) in [5.74, 6) is -0.0194. The maximum atomic E-state index is 13.1. The second kappa shape index (κ2) is 6.53. The van der Waals surface area contributed by atoms with Crippen LogP contribution in [0.25, 0.3) is 0 Å². The van der Waals surface area contributed by atoms with Crippen molar-refractivity contribution >= 4 is 19.9 Å². The van der Waals surface area contributed by atoms with E-state index in [0.29, 0.717) is 12.8 Å². The molecule has 0 N–H and O–H groups in total. The first-order valence-electron chi connectivity index (χ1n) is 7.89. The van der Waals surface area contributed by atoms with Gasteiger partial charge in [0.25, 0.3) is 0 Å². The molecule has 1 aliphatic heterocycles. The lowest BCUT2D eigenvalue weighted by atomic mass is 10.1. The fraction of sp³-hybridized carbons (Fsp3) is 0.625. The van der Waals surface area contributed by atoms with E-state index in [-0.39, 0.29) is 22.4 Å². The van der Waals surface area contributed by atoms with Crippen LogP contribution < -0.4 is 0 Å². The van der Waals surface area contributed by atoms with Crippen molar-refractivity contribution in [2.45, 2.75) is 57.5 Å². The average Bonchev–Trinajstić information content (AvgIpc) is 2.81. The highest BCUT2D eigenvalue weighted by Gasteiger charge is 2.40. The largest absolute Gasteiger partial charge is 0.243 e. The number of nitrogens with zero attached hydrogens (tertiary/aromatic N) is 1. The van der Waals surface area contributed by atoms with E-state index >= 15 is 0 Å². The minimum absolute atomic E-state index is 0.0625.